The van der Waals surface area contributed by atoms with Crippen molar-refractivity contribution in [1.82, 2.24) is 14.9 Å². The van der Waals surface area contributed by atoms with Crippen LogP contribution < -0.4 is 5.32 Å². The number of nitrogens with one attached hydrogen (secondary N) is 1. The van der Waals surface area contributed by atoms with Crippen molar-refractivity contribution in [2.45, 2.75) is 52.6 Å². The fourth-order valence-corrected chi connectivity index (χ4v) is 1.65. The summed E-state index contributed by atoms with van der Waals surface area (Å²) in [6.45, 7) is 7.50. The highest BCUT2D eigenvalue weighted by Crippen LogP contribution is 1.99. The zero-order valence-corrected chi connectivity index (χ0v) is 10.00. The van der Waals surface area contributed by atoms with Crippen LogP contribution in [0.3, 0.4) is 0 Å². The Kier molecular flexibility index (Phi) is 6.09. The third-order valence-corrected chi connectivity index (χ3v) is 2.51. The van der Waals surface area contributed by atoms with Crippen molar-refractivity contribution in [2.24, 2.45) is 0 Å². The molecule has 0 amide bonds. The van der Waals surface area contributed by atoms with E-state index in [1.54, 1.807) is 0 Å². The van der Waals surface area contributed by atoms with Crippen molar-refractivity contribution in [2.75, 3.05) is 6.54 Å². The van der Waals surface area contributed by atoms with Crippen LogP contribution in [0.15, 0.2) is 12.4 Å². The van der Waals surface area contributed by atoms with Gasteiger partial charge in [0, 0.05) is 18.9 Å². The molecule has 3 heteroatoms. The van der Waals surface area contributed by atoms with Gasteiger partial charge in [0.1, 0.15) is 5.82 Å². The van der Waals surface area contributed by atoms with Crippen LogP contribution in [0.2, 0.25) is 0 Å². The first-order chi connectivity index (χ1) is 7.38. The van der Waals surface area contributed by atoms with Gasteiger partial charge in [0.25, 0.3) is 0 Å². The third-order valence-electron chi connectivity index (χ3n) is 2.51. The predicted octanol–water partition coefficient (Wildman–Crippen LogP) is 2.57. The van der Waals surface area contributed by atoms with E-state index in [1.807, 2.05) is 6.20 Å². The summed E-state index contributed by atoms with van der Waals surface area (Å²) in [6, 6.07) is 0. The van der Waals surface area contributed by atoms with E-state index >= 15 is 0 Å². The van der Waals surface area contributed by atoms with Gasteiger partial charge < -0.3 is 9.88 Å². The Morgan fingerprint density at radius 1 is 1.27 bits per heavy atom. The Morgan fingerprint density at radius 3 is 2.87 bits per heavy atom. The summed E-state index contributed by atoms with van der Waals surface area (Å²) >= 11 is 0. The highest BCUT2D eigenvalue weighted by molar-refractivity contribution is 4.91. The van der Waals surface area contributed by atoms with E-state index in [-0.39, 0.29) is 0 Å². The Balaban J connectivity index is 2.21. The first kappa shape index (κ1) is 12.2. The Bertz CT molecular complexity index is 255. The van der Waals surface area contributed by atoms with E-state index < -0.39 is 0 Å². The number of rotatable bonds is 8. The fourth-order valence-electron chi connectivity index (χ4n) is 1.65. The maximum Gasteiger partial charge on any atom is 0.122 e. The summed E-state index contributed by atoms with van der Waals surface area (Å²) < 4.78 is 2.23. The molecule has 0 aliphatic rings. The zero-order valence-electron chi connectivity index (χ0n) is 10.00. The van der Waals surface area contributed by atoms with Crippen LogP contribution >= 0.6 is 0 Å². The first-order valence-electron chi connectivity index (χ1n) is 6.09. The summed E-state index contributed by atoms with van der Waals surface area (Å²) in [5, 5.41) is 3.44. The molecule has 0 saturated carbocycles. The molecule has 1 aromatic rings. The molecular weight excluding hydrogens is 186 g/mol. The van der Waals surface area contributed by atoms with Crippen molar-refractivity contribution < 1.29 is 0 Å². The van der Waals surface area contributed by atoms with Gasteiger partial charge in [-0.2, -0.15) is 0 Å². The molecule has 1 aromatic heterocycles. The highest BCUT2D eigenvalue weighted by Gasteiger charge is 2.00. The summed E-state index contributed by atoms with van der Waals surface area (Å²) in [5.74, 6) is 1.16. The van der Waals surface area contributed by atoms with Gasteiger partial charge in [-0.25, -0.2) is 4.98 Å². The highest BCUT2D eigenvalue weighted by atomic mass is 15.1. The molecule has 0 spiro atoms. The Hall–Kier alpha value is -0.830. The Labute approximate surface area is 92.9 Å². The van der Waals surface area contributed by atoms with Gasteiger partial charge in [-0.15, -0.1) is 0 Å². The summed E-state index contributed by atoms with van der Waals surface area (Å²) in [6.07, 6.45) is 8.98. The molecule has 1 rings (SSSR count). The number of unbranched alkanes of at least 4 members (excludes halogenated alkanes) is 2. The lowest BCUT2D eigenvalue weighted by molar-refractivity contribution is 0.567. The van der Waals surface area contributed by atoms with E-state index in [4.69, 9.17) is 0 Å². The lowest BCUT2D eigenvalue weighted by atomic mass is 10.2. The van der Waals surface area contributed by atoms with Gasteiger partial charge >= 0.3 is 0 Å². The molecular formula is C12H23N3. The number of nitrogens with zero attached hydrogens (tertiary/aromatic N) is 2. The molecule has 0 saturated heterocycles. The Morgan fingerprint density at radius 2 is 2.13 bits per heavy atom. The largest absolute Gasteiger partial charge is 0.334 e. The third kappa shape index (κ3) is 4.47. The molecule has 0 aromatic carbocycles. The van der Waals surface area contributed by atoms with Crippen LogP contribution in [-0.4, -0.2) is 16.1 Å². The molecule has 86 valence electrons. The van der Waals surface area contributed by atoms with E-state index in [2.05, 4.69) is 34.9 Å². The van der Waals surface area contributed by atoms with Crippen LogP contribution in [0, 0.1) is 0 Å². The van der Waals surface area contributed by atoms with Crippen LogP contribution in [-0.2, 0) is 13.1 Å². The van der Waals surface area contributed by atoms with Crippen molar-refractivity contribution in [1.29, 1.82) is 0 Å². The lowest BCUT2D eigenvalue weighted by Crippen LogP contribution is -2.18. The molecule has 3 nitrogen and oxygen atoms in total. The van der Waals surface area contributed by atoms with Gasteiger partial charge in [0.2, 0.25) is 0 Å². The molecule has 0 unspecified atom stereocenters. The van der Waals surface area contributed by atoms with E-state index in [0.717, 1.165) is 25.5 Å². The number of imidazole rings is 1. The van der Waals surface area contributed by atoms with Crippen molar-refractivity contribution in [3.8, 4) is 0 Å². The van der Waals surface area contributed by atoms with Crippen LogP contribution in [0.5, 0.6) is 0 Å². The summed E-state index contributed by atoms with van der Waals surface area (Å²) in [7, 11) is 0. The molecule has 0 fully saturated rings. The lowest BCUT2D eigenvalue weighted by Gasteiger charge is -2.07. The number of aryl methyl sites for hydroxylation is 1. The standard InChI is InChI=1S/C12H23N3/c1-3-5-6-7-13-11-12-14-8-10-15(12)9-4-2/h8,10,13H,3-7,9,11H2,1-2H3. The molecule has 0 radical (unpaired) electrons. The number of hydrogen-bond donors (Lipinski definition) is 1. The molecule has 0 aliphatic heterocycles. The smallest absolute Gasteiger partial charge is 0.122 e. The molecule has 0 atom stereocenters. The number of aromatic nitrogens is 2. The quantitative estimate of drug-likeness (QED) is 0.667. The molecule has 0 aliphatic carbocycles. The zero-order chi connectivity index (χ0) is 10.9. The topological polar surface area (TPSA) is 29.9 Å². The molecule has 1 heterocycles. The van der Waals surface area contributed by atoms with E-state index in [0.29, 0.717) is 0 Å². The molecule has 1 N–H and O–H groups in total. The predicted molar refractivity (Wildman–Crippen MR) is 63.7 cm³/mol. The fraction of sp³-hybridized carbons (Fsp3) is 0.750. The van der Waals surface area contributed by atoms with Gasteiger partial charge in [0.05, 0.1) is 6.54 Å². The number of hydrogen-bond acceptors (Lipinski definition) is 2. The second-order valence-corrected chi connectivity index (χ2v) is 3.92. The average molecular weight is 209 g/mol. The summed E-state index contributed by atoms with van der Waals surface area (Å²) in [4.78, 5) is 4.35. The maximum atomic E-state index is 4.35. The van der Waals surface area contributed by atoms with E-state index in [1.165, 1.54) is 25.7 Å². The monoisotopic (exact) mass is 209 g/mol. The minimum Gasteiger partial charge on any atom is -0.334 e. The average Bonchev–Trinajstić information content (AvgIpc) is 2.66. The second kappa shape index (κ2) is 7.46. The van der Waals surface area contributed by atoms with Crippen LogP contribution in [0.1, 0.15) is 45.4 Å². The van der Waals surface area contributed by atoms with Crippen molar-refractivity contribution in [3.05, 3.63) is 18.2 Å². The van der Waals surface area contributed by atoms with Crippen LogP contribution in [0.4, 0.5) is 0 Å². The van der Waals surface area contributed by atoms with E-state index in [9.17, 15) is 0 Å². The second-order valence-electron chi connectivity index (χ2n) is 3.92. The van der Waals surface area contributed by atoms with Crippen molar-refractivity contribution in [3.63, 3.8) is 0 Å². The van der Waals surface area contributed by atoms with Gasteiger partial charge in [-0.05, 0) is 19.4 Å². The van der Waals surface area contributed by atoms with Gasteiger partial charge in [-0.1, -0.05) is 26.7 Å². The molecule has 15 heavy (non-hydrogen) atoms. The summed E-state index contributed by atoms with van der Waals surface area (Å²) in [5.41, 5.74) is 0. The molecule has 0 bridgehead atoms. The van der Waals surface area contributed by atoms with Gasteiger partial charge in [0.15, 0.2) is 0 Å². The van der Waals surface area contributed by atoms with Crippen molar-refractivity contribution >= 4 is 0 Å². The minimum atomic E-state index is 0.900. The van der Waals surface area contributed by atoms with Gasteiger partial charge in [-0.3, -0.25) is 0 Å². The normalized spacial score (nSPS) is 10.8. The maximum absolute atomic E-state index is 4.35. The minimum absolute atomic E-state index is 0.900. The van der Waals surface area contributed by atoms with Crippen LogP contribution in [0.25, 0.3) is 0 Å². The SMILES string of the molecule is CCCCCNCc1nccn1CCC. The first-order valence-corrected chi connectivity index (χ1v) is 6.09.